The number of hydrogen-bond donors (Lipinski definition) is 2. The molecule has 1 saturated heterocycles. The second-order valence-corrected chi connectivity index (χ2v) is 6.50. The Kier molecular flexibility index (Phi) is 6.61. The van der Waals surface area contributed by atoms with Gasteiger partial charge in [-0.3, -0.25) is 4.79 Å². The summed E-state index contributed by atoms with van der Waals surface area (Å²) in [6.07, 6.45) is 1.54. The molecule has 132 valence electrons. The fourth-order valence-corrected chi connectivity index (χ4v) is 2.62. The summed E-state index contributed by atoms with van der Waals surface area (Å²) in [6.45, 7) is 5.64. The van der Waals surface area contributed by atoms with Crippen LogP contribution in [0.15, 0.2) is 24.3 Å². The van der Waals surface area contributed by atoms with Crippen molar-refractivity contribution >= 4 is 11.9 Å². The molecule has 1 aliphatic heterocycles. The van der Waals surface area contributed by atoms with Crippen molar-refractivity contribution in [3.8, 4) is 5.75 Å². The number of aliphatic carboxylic acids is 1. The molecule has 2 N–H and O–H groups in total. The highest BCUT2D eigenvalue weighted by atomic mass is 16.5. The quantitative estimate of drug-likeness (QED) is 0.799. The number of amides is 1. The molecule has 24 heavy (non-hydrogen) atoms. The molecule has 0 spiro atoms. The van der Waals surface area contributed by atoms with E-state index < -0.39 is 17.9 Å². The van der Waals surface area contributed by atoms with E-state index >= 15 is 0 Å². The van der Waals surface area contributed by atoms with E-state index in [1.165, 1.54) is 0 Å². The minimum absolute atomic E-state index is 0.208. The summed E-state index contributed by atoms with van der Waals surface area (Å²) in [4.78, 5) is 23.9. The van der Waals surface area contributed by atoms with E-state index in [9.17, 15) is 14.7 Å². The lowest BCUT2D eigenvalue weighted by molar-refractivity contribution is -0.142. The van der Waals surface area contributed by atoms with Crippen molar-refractivity contribution in [2.45, 2.75) is 32.7 Å². The van der Waals surface area contributed by atoms with Crippen LogP contribution in [0, 0.1) is 11.8 Å². The first-order valence-corrected chi connectivity index (χ1v) is 8.31. The third-order valence-corrected chi connectivity index (χ3v) is 3.90. The van der Waals surface area contributed by atoms with Gasteiger partial charge in [0.15, 0.2) is 0 Å². The van der Waals surface area contributed by atoms with Crippen LogP contribution >= 0.6 is 0 Å². The summed E-state index contributed by atoms with van der Waals surface area (Å²) in [6, 6.07) is 5.84. The largest absolute Gasteiger partial charge is 0.493 e. The van der Waals surface area contributed by atoms with Gasteiger partial charge in [-0.15, -0.1) is 0 Å². The number of hydrogen-bond acceptors (Lipinski definition) is 4. The summed E-state index contributed by atoms with van der Waals surface area (Å²) in [5, 5.41) is 12.0. The molecule has 1 aliphatic rings. The minimum atomic E-state index is -1.04. The average molecular weight is 335 g/mol. The van der Waals surface area contributed by atoms with E-state index in [0.29, 0.717) is 37.1 Å². The highest BCUT2D eigenvalue weighted by molar-refractivity contribution is 5.97. The summed E-state index contributed by atoms with van der Waals surface area (Å²) < 4.78 is 10.9. The van der Waals surface area contributed by atoms with Crippen LogP contribution in [0.4, 0.5) is 0 Å². The third-order valence-electron chi connectivity index (χ3n) is 3.90. The number of carbonyl (C=O) groups is 2. The number of carboxylic acid groups (broad SMARTS) is 1. The van der Waals surface area contributed by atoms with Gasteiger partial charge < -0.3 is 19.9 Å². The van der Waals surface area contributed by atoms with Gasteiger partial charge in [-0.25, -0.2) is 4.79 Å². The molecule has 2 unspecified atom stereocenters. The van der Waals surface area contributed by atoms with Crippen LogP contribution in [-0.2, 0) is 9.53 Å². The van der Waals surface area contributed by atoms with E-state index in [1.54, 1.807) is 24.3 Å². The Bertz CT molecular complexity index is 566. The molecule has 2 rings (SSSR count). The summed E-state index contributed by atoms with van der Waals surface area (Å²) in [5.74, 6) is -0.677. The van der Waals surface area contributed by atoms with Gasteiger partial charge in [0.25, 0.3) is 5.91 Å². The van der Waals surface area contributed by atoms with Gasteiger partial charge in [-0.2, -0.15) is 0 Å². The zero-order valence-corrected chi connectivity index (χ0v) is 14.2. The molecule has 1 aromatic rings. The first-order chi connectivity index (χ1) is 11.5. The summed E-state index contributed by atoms with van der Waals surface area (Å²) >= 11 is 0. The predicted molar refractivity (Wildman–Crippen MR) is 89.2 cm³/mol. The van der Waals surface area contributed by atoms with Crippen molar-refractivity contribution in [3.05, 3.63) is 29.8 Å². The highest BCUT2D eigenvalue weighted by Crippen LogP contribution is 2.19. The zero-order valence-electron chi connectivity index (χ0n) is 14.2. The number of carbonyl (C=O) groups excluding carboxylic acids is 1. The molecule has 0 aromatic heterocycles. The smallest absolute Gasteiger partial charge is 0.326 e. The van der Waals surface area contributed by atoms with Gasteiger partial charge in [0.1, 0.15) is 11.8 Å². The van der Waals surface area contributed by atoms with Crippen LogP contribution < -0.4 is 10.1 Å². The SMILES string of the molecule is CC(C)COc1cccc(C(=O)NC(C(=O)O)C2CCCOC2)c1. The number of rotatable bonds is 7. The monoisotopic (exact) mass is 335 g/mol. The molecular formula is C18H25NO5. The normalized spacial score (nSPS) is 18.9. The van der Waals surface area contributed by atoms with Crippen LogP contribution in [0.5, 0.6) is 5.75 Å². The van der Waals surface area contributed by atoms with Gasteiger partial charge in [-0.1, -0.05) is 19.9 Å². The van der Waals surface area contributed by atoms with Gasteiger partial charge in [-0.05, 0) is 37.0 Å². The number of ether oxygens (including phenoxy) is 2. The maximum absolute atomic E-state index is 12.4. The first-order valence-electron chi connectivity index (χ1n) is 8.31. The molecule has 0 aliphatic carbocycles. The van der Waals surface area contributed by atoms with Crippen LogP contribution in [0.2, 0.25) is 0 Å². The number of nitrogens with one attached hydrogen (secondary N) is 1. The van der Waals surface area contributed by atoms with Crippen molar-refractivity contribution in [2.24, 2.45) is 11.8 Å². The topological polar surface area (TPSA) is 84.9 Å². The Morgan fingerprint density at radius 3 is 2.83 bits per heavy atom. The van der Waals surface area contributed by atoms with Crippen LogP contribution in [0.25, 0.3) is 0 Å². The Morgan fingerprint density at radius 1 is 1.42 bits per heavy atom. The maximum atomic E-state index is 12.4. The standard InChI is InChI=1S/C18H25NO5/c1-12(2)10-24-15-7-3-5-13(9-15)17(20)19-16(18(21)22)14-6-4-8-23-11-14/h3,5,7,9,12,14,16H,4,6,8,10-11H2,1-2H3,(H,19,20)(H,21,22). The van der Waals surface area contributed by atoms with Crippen molar-refractivity contribution in [1.29, 1.82) is 0 Å². The predicted octanol–water partition coefficient (Wildman–Crippen LogP) is 2.33. The summed E-state index contributed by atoms with van der Waals surface area (Å²) in [5.41, 5.74) is 0.388. The van der Waals surface area contributed by atoms with E-state index in [2.05, 4.69) is 5.32 Å². The fraction of sp³-hybridized carbons (Fsp3) is 0.556. The summed E-state index contributed by atoms with van der Waals surface area (Å²) in [7, 11) is 0. The van der Waals surface area contributed by atoms with Gasteiger partial charge >= 0.3 is 5.97 Å². The lowest BCUT2D eigenvalue weighted by Gasteiger charge is -2.28. The van der Waals surface area contributed by atoms with Crippen molar-refractivity contribution < 1.29 is 24.2 Å². The molecule has 1 fully saturated rings. The van der Waals surface area contributed by atoms with E-state index in [-0.39, 0.29) is 5.92 Å². The highest BCUT2D eigenvalue weighted by Gasteiger charge is 2.31. The molecular weight excluding hydrogens is 310 g/mol. The van der Waals surface area contributed by atoms with E-state index in [4.69, 9.17) is 9.47 Å². The second-order valence-electron chi connectivity index (χ2n) is 6.50. The Morgan fingerprint density at radius 2 is 2.21 bits per heavy atom. The van der Waals surface area contributed by atoms with Gasteiger partial charge in [0.05, 0.1) is 13.2 Å². The minimum Gasteiger partial charge on any atom is -0.493 e. The van der Waals surface area contributed by atoms with Crippen molar-refractivity contribution in [1.82, 2.24) is 5.32 Å². The fourth-order valence-electron chi connectivity index (χ4n) is 2.62. The molecule has 2 atom stereocenters. The van der Waals surface area contributed by atoms with Gasteiger partial charge in [0.2, 0.25) is 0 Å². The van der Waals surface area contributed by atoms with E-state index in [0.717, 1.165) is 12.8 Å². The molecule has 1 amide bonds. The lowest BCUT2D eigenvalue weighted by atomic mass is 9.93. The Labute approximate surface area is 142 Å². The maximum Gasteiger partial charge on any atom is 0.326 e. The van der Waals surface area contributed by atoms with Crippen molar-refractivity contribution in [2.75, 3.05) is 19.8 Å². The number of benzene rings is 1. The molecule has 0 saturated carbocycles. The molecule has 1 heterocycles. The van der Waals surface area contributed by atoms with E-state index in [1.807, 2.05) is 13.8 Å². The second kappa shape index (κ2) is 8.68. The third kappa shape index (κ3) is 5.23. The van der Waals surface area contributed by atoms with Crippen LogP contribution in [0.1, 0.15) is 37.0 Å². The Balaban J connectivity index is 2.03. The average Bonchev–Trinajstić information content (AvgIpc) is 2.58. The first kappa shape index (κ1) is 18.3. The van der Waals surface area contributed by atoms with Crippen LogP contribution in [-0.4, -0.2) is 42.8 Å². The zero-order chi connectivity index (χ0) is 17.5. The lowest BCUT2D eigenvalue weighted by Crippen LogP contribution is -2.48. The molecule has 0 bridgehead atoms. The number of carboxylic acids is 1. The molecule has 1 aromatic carbocycles. The van der Waals surface area contributed by atoms with Crippen molar-refractivity contribution in [3.63, 3.8) is 0 Å². The Hall–Kier alpha value is -2.08. The molecule has 6 nitrogen and oxygen atoms in total. The molecule has 0 radical (unpaired) electrons. The van der Waals surface area contributed by atoms with Crippen LogP contribution in [0.3, 0.4) is 0 Å². The molecule has 6 heteroatoms. The van der Waals surface area contributed by atoms with Gasteiger partial charge in [0, 0.05) is 18.1 Å².